The van der Waals surface area contributed by atoms with Crippen LogP contribution < -0.4 is 0 Å². The molecule has 1 N–H and O–H groups in total. The SMILES string of the molecule is [O]C(C(=O)O)(c1ccccc1)c1ccccc1. The Kier molecular flexibility index (Phi) is 2.93. The van der Waals surface area contributed by atoms with Gasteiger partial charge >= 0.3 is 5.97 Å². The van der Waals surface area contributed by atoms with E-state index in [-0.39, 0.29) is 11.1 Å². The summed E-state index contributed by atoms with van der Waals surface area (Å²) in [7, 11) is 0. The zero-order chi connectivity index (χ0) is 12.3. The van der Waals surface area contributed by atoms with Gasteiger partial charge in [-0.1, -0.05) is 60.7 Å². The number of carboxylic acids is 1. The summed E-state index contributed by atoms with van der Waals surface area (Å²) < 4.78 is 0. The summed E-state index contributed by atoms with van der Waals surface area (Å²) in [5.41, 5.74) is -1.78. The smallest absolute Gasteiger partial charge is 0.348 e. The van der Waals surface area contributed by atoms with Gasteiger partial charge in [0.2, 0.25) is 5.60 Å². The number of hydrogen-bond donors (Lipinski definition) is 1. The molecule has 0 bridgehead atoms. The van der Waals surface area contributed by atoms with E-state index >= 15 is 0 Å². The van der Waals surface area contributed by atoms with E-state index in [0.717, 1.165) is 0 Å². The molecule has 0 spiro atoms. The molecule has 0 amide bonds. The lowest BCUT2D eigenvalue weighted by molar-refractivity contribution is -0.161. The maximum atomic E-state index is 12.6. The Morgan fingerprint density at radius 1 is 0.824 bits per heavy atom. The summed E-state index contributed by atoms with van der Waals surface area (Å²) in [5.74, 6) is -1.39. The highest BCUT2D eigenvalue weighted by atomic mass is 16.4. The Morgan fingerprint density at radius 3 is 1.47 bits per heavy atom. The first kappa shape index (κ1) is 11.4. The third kappa shape index (κ3) is 1.92. The van der Waals surface area contributed by atoms with Crippen molar-refractivity contribution in [2.45, 2.75) is 5.60 Å². The minimum atomic E-state index is -2.25. The van der Waals surface area contributed by atoms with Crippen LogP contribution in [0.3, 0.4) is 0 Å². The molecule has 85 valence electrons. The Hall–Kier alpha value is -2.13. The molecule has 17 heavy (non-hydrogen) atoms. The summed E-state index contributed by atoms with van der Waals surface area (Å²) >= 11 is 0. The Balaban J connectivity index is 2.59. The molecule has 0 atom stereocenters. The van der Waals surface area contributed by atoms with Crippen molar-refractivity contribution in [2.75, 3.05) is 0 Å². The molecule has 2 aromatic rings. The zero-order valence-corrected chi connectivity index (χ0v) is 9.04. The van der Waals surface area contributed by atoms with Gasteiger partial charge in [0, 0.05) is 11.1 Å². The molecule has 0 saturated heterocycles. The third-order valence-electron chi connectivity index (χ3n) is 2.66. The van der Waals surface area contributed by atoms with Crippen molar-refractivity contribution in [3.05, 3.63) is 71.8 Å². The highest BCUT2D eigenvalue weighted by Crippen LogP contribution is 2.30. The minimum Gasteiger partial charge on any atom is -0.478 e. The fraction of sp³-hybridized carbons (Fsp3) is 0.0714. The average Bonchev–Trinajstić information content (AvgIpc) is 2.39. The molecule has 0 unspecified atom stereocenters. The van der Waals surface area contributed by atoms with Gasteiger partial charge in [0.15, 0.2) is 0 Å². The van der Waals surface area contributed by atoms with Crippen LogP contribution in [0.15, 0.2) is 60.7 Å². The number of rotatable bonds is 3. The maximum absolute atomic E-state index is 12.6. The number of aliphatic carboxylic acids is 1. The second-order valence-electron chi connectivity index (χ2n) is 3.72. The first-order valence-corrected chi connectivity index (χ1v) is 5.20. The molecule has 0 saturated carbocycles. The van der Waals surface area contributed by atoms with E-state index in [9.17, 15) is 15.0 Å². The van der Waals surface area contributed by atoms with Crippen molar-refractivity contribution < 1.29 is 15.0 Å². The standard InChI is InChI=1S/C14H11O3/c15-13(16)14(17,11-7-3-1-4-8-11)12-9-5-2-6-10-12/h1-10H,(H,15,16). The van der Waals surface area contributed by atoms with Crippen molar-refractivity contribution >= 4 is 5.97 Å². The van der Waals surface area contributed by atoms with Crippen molar-refractivity contribution in [3.8, 4) is 0 Å². The lowest BCUT2D eigenvalue weighted by atomic mass is 9.86. The maximum Gasteiger partial charge on any atom is 0.348 e. The summed E-state index contributed by atoms with van der Waals surface area (Å²) in [6, 6.07) is 16.3. The summed E-state index contributed by atoms with van der Waals surface area (Å²) in [4.78, 5) is 11.3. The van der Waals surface area contributed by atoms with Crippen LogP contribution >= 0.6 is 0 Å². The van der Waals surface area contributed by atoms with Crippen molar-refractivity contribution in [1.82, 2.24) is 0 Å². The van der Waals surface area contributed by atoms with Crippen LogP contribution in [0.25, 0.3) is 0 Å². The quantitative estimate of drug-likeness (QED) is 0.875. The molecule has 2 aromatic carbocycles. The van der Waals surface area contributed by atoms with Crippen LogP contribution in [0.2, 0.25) is 0 Å². The Morgan fingerprint density at radius 2 is 1.18 bits per heavy atom. The van der Waals surface area contributed by atoms with E-state index in [1.807, 2.05) is 0 Å². The van der Waals surface area contributed by atoms with Gasteiger partial charge in [0.1, 0.15) is 0 Å². The zero-order valence-electron chi connectivity index (χ0n) is 9.04. The van der Waals surface area contributed by atoms with Gasteiger partial charge in [0.05, 0.1) is 0 Å². The second-order valence-corrected chi connectivity index (χ2v) is 3.72. The van der Waals surface area contributed by atoms with Gasteiger partial charge in [-0.2, -0.15) is 0 Å². The van der Waals surface area contributed by atoms with Crippen LogP contribution in [0.1, 0.15) is 11.1 Å². The molecule has 0 aromatic heterocycles. The first-order valence-electron chi connectivity index (χ1n) is 5.20. The molecule has 3 heteroatoms. The van der Waals surface area contributed by atoms with Crippen LogP contribution in [-0.4, -0.2) is 11.1 Å². The predicted molar refractivity (Wildman–Crippen MR) is 62.0 cm³/mol. The van der Waals surface area contributed by atoms with Crippen LogP contribution in [0, 0.1) is 0 Å². The minimum absolute atomic E-state index is 0.235. The van der Waals surface area contributed by atoms with Gasteiger partial charge in [-0.05, 0) is 0 Å². The van der Waals surface area contributed by atoms with E-state index in [4.69, 9.17) is 0 Å². The number of hydrogen-bond acceptors (Lipinski definition) is 1. The molecular formula is C14H11O3. The van der Waals surface area contributed by atoms with Crippen LogP contribution in [0.5, 0.6) is 0 Å². The summed E-state index contributed by atoms with van der Waals surface area (Å²) in [5, 5.41) is 21.8. The topological polar surface area (TPSA) is 57.2 Å². The molecule has 0 heterocycles. The molecule has 2 rings (SSSR count). The van der Waals surface area contributed by atoms with E-state index in [1.54, 1.807) is 36.4 Å². The molecule has 3 nitrogen and oxygen atoms in total. The van der Waals surface area contributed by atoms with E-state index in [0.29, 0.717) is 0 Å². The number of benzene rings is 2. The Labute approximate surface area is 99.0 Å². The summed E-state index contributed by atoms with van der Waals surface area (Å²) in [6.45, 7) is 0. The molecule has 0 aliphatic rings. The third-order valence-corrected chi connectivity index (χ3v) is 2.66. The van der Waals surface area contributed by atoms with E-state index < -0.39 is 11.6 Å². The highest BCUT2D eigenvalue weighted by Gasteiger charge is 2.42. The lowest BCUT2D eigenvalue weighted by Crippen LogP contribution is -2.35. The van der Waals surface area contributed by atoms with E-state index in [2.05, 4.69) is 0 Å². The normalized spacial score (nSPS) is 11.1. The van der Waals surface area contributed by atoms with Crippen molar-refractivity contribution in [3.63, 3.8) is 0 Å². The first-order chi connectivity index (χ1) is 8.15. The highest BCUT2D eigenvalue weighted by molar-refractivity contribution is 5.83. The lowest BCUT2D eigenvalue weighted by Gasteiger charge is -2.21. The Bertz CT molecular complexity index is 466. The molecule has 0 aliphatic heterocycles. The average molecular weight is 227 g/mol. The van der Waals surface area contributed by atoms with Gasteiger partial charge in [-0.15, -0.1) is 0 Å². The van der Waals surface area contributed by atoms with Crippen molar-refractivity contribution in [1.29, 1.82) is 0 Å². The second kappa shape index (κ2) is 4.39. The predicted octanol–water partition coefficient (Wildman–Crippen LogP) is 2.45. The monoisotopic (exact) mass is 227 g/mol. The van der Waals surface area contributed by atoms with Gasteiger partial charge in [0.25, 0.3) is 0 Å². The van der Waals surface area contributed by atoms with Gasteiger partial charge in [-0.25, -0.2) is 9.90 Å². The molecule has 0 aliphatic carbocycles. The number of carbonyl (C=O) groups is 1. The largest absolute Gasteiger partial charge is 0.478 e. The molecular weight excluding hydrogens is 216 g/mol. The summed E-state index contributed by atoms with van der Waals surface area (Å²) in [6.07, 6.45) is 0. The van der Waals surface area contributed by atoms with Crippen molar-refractivity contribution in [2.24, 2.45) is 0 Å². The van der Waals surface area contributed by atoms with Gasteiger partial charge < -0.3 is 5.11 Å². The van der Waals surface area contributed by atoms with E-state index in [1.165, 1.54) is 24.3 Å². The molecule has 0 fully saturated rings. The van der Waals surface area contributed by atoms with Crippen LogP contribution in [0.4, 0.5) is 0 Å². The fourth-order valence-corrected chi connectivity index (χ4v) is 1.76. The molecule has 1 radical (unpaired) electrons. The van der Waals surface area contributed by atoms with Gasteiger partial charge in [-0.3, -0.25) is 0 Å². The van der Waals surface area contributed by atoms with Crippen LogP contribution in [-0.2, 0) is 15.5 Å². The number of carboxylic acid groups (broad SMARTS) is 1. The fourth-order valence-electron chi connectivity index (χ4n) is 1.76.